The molecule has 2 aromatic carbocycles. The Morgan fingerprint density at radius 2 is 1.71 bits per heavy atom. The van der Waals surface area contributed by atoms with Gasteiger partial charge in [-0.3, -0.25) is 4.79 Å². The third-order valence-electron chi connectivity index (χ3n) is 4.25. The van der Waals surface area contributed by atoms with Crippen LogP contribution in [-0.4, -0.2) is 17.2 Å². The van der Waals surface area contributed by atoms with Crippen molar-refractivity contribution in [1.29, 1.82) is 0 Å². The lowest BCUT2D eigenvalue weighted by Gasteiger charge is -2.18. The number of hydrogen-bond acceptors (Lipinski definition) is 5. The van der Waals surface area contributed by atoms with Gasteiger partial charge in [-0.1, -0.05) is 19.9 Å². The lowest BCUT2D eigenvalue weighted by atomic mass is 10.1. The number of aryl methyl sites for hydroxylation is 2. The predicted octanol–water partition coefficient (Wildman–Crippen LogP) is 4.69. The van der Waals surface area contributed by atoms with Gasteiger partial charge in [-0.05, 0) is 49.2 Å². The van der Waals surface area contributed by atoms with E-state index in [0.717, 1.165) is 11.1 Å². The van der Waals surface area contributed by atoms with E-state index >= 15 is 0 Å². The number of hydrogen-bond donors (Lipinski definition) is 1. The average molecular weight is 382 g/mol. The number of carboxylic acid groups (broad SMARTS) is 1. The van der Waals surface area contributed by atoms with Crippen molar-refractivity contribution in [2.45, 2.75) is 33.8 Å². The van der Waals surface area contributed by atoms with Gasteiger partial charge in [0.15, 0.2) is 6.10 Å². The lowest BCUT2D eigenvalue weighted by Crippen LogP contribution is -2.32. The molecule has 6 heteroatoms. The fraction of sp³-hybridized carbons (Fsp3) is 0.273. The molecule has 0 amide bonds. The van der Waals surface area contributed by atoms with Gasteiger partial charge in [0.05, 0.1) is 5.39 Å². The number of rotatable bonds is 6. The second-order valence-electron chi connectivity index (χ2n) is 7.13. The first-order valence-electron chi connectivity index (χ1n) is 8.96. The van der Waals surface area contributed by atoms with Crippen LogP contribution in [0, 0.1) is 19.8 Å². The highest BCUT2D eigenvalue weighted by Crippen LogP contribution is 2.26. The van der Waals surface area contributed by atoms with E-state index in [2.05, 4.69) is 0 Å². The summed E-state index contributed by atoms with van der Waals surface area (Å²) in [7, 11) is 0. The first kappa shape index (κ1) is 19.5. The van der Waals surface area contributed by atoms with Crippen molar-refractivity contribution in [1.82, 2.24) is 0 Å². The van der Waals surface area contributed by atoms with E-state index in [4.69, 9.17) is 13.9 Å². The molecular formula is C22H22O6. The Hall–Kier alpha value is -3.28. The summed E-state index contributed by atoms with van der Waals surface area (Å²) < 4.78 is 16.8. The summed E-state index contributed by atoms with van der Waals surface area (Å²) in [5.41, 5.74) is 2.04. The highest BCUT2D eigenvalue weighted by molar-refractivity contribution is 5.79. The minimum atomic E-state index is -1.05. The van der Waals surface area contributed by atoms with Crippen molar-refractivity contribution in [3.8, 4) is 17.2 Å². The molecule has 3 rings (SSSR count). The Labute approximate surface area is 162 Å². The molecule has 3 aromatic rings. The van der Waals surface area contributed by atoms with Crippen LogP contribution in [0.4, 0.5) is 0 Å². The molecule has 146 valence electrons. The Bertz CT molecular complexity index is 1060. The predicted molar refractivity (Wildman–Crippen MR) is 105 cm³/mol. The zero-order chi connectivity index (χ0) is 20.4. The van der Waals surface area contributed by atoms with Crippen LogP contribution >= 0.6 is 0 Å². The van der Waals surface area contributed by atoms with Gasteiger partial charge in [0.2, 0.25) is 11.2 Å². The van der Waals surface area contributed by atoms with E-state index in [9.17, 15) is 14.7 Å². The standard InChI is InChI=1S/C22H22O6/c1-12(2)21(22(24)25)28-15-5-6-17-18(10-15)26-11-19(20(17)23)27-16-8-13(3)7-14(4)9-16/h5-12,21H,1-4H3,(H,24,25). The minimum absolute atomic E-state index is 0.0803. The topological polar surface area (TPSA) is 86.0 Å². The van der Waals surface area contributed by atoms with E-state index in [0.29, 0.717) is 22.5 Å². The monoisotopic (exact) mass is 382 g/mol. The number of carbonyl (C=O) groups is 1. The van der Waals surface area contributed by atoms with Crippen LogP contribution in [0.3, 0.4) is 0 Å². The van der Waals surface area contributed by atoms with Crippen molar-refractivity contribution in [3.05, 3.63) is 64.0 Å². The second-order valence-corrected chi connectivity index (χ2v) is 7.13. The SMILES string of the molecule is Cc1cc(C)cc(Oc2coc3cc(OC(C(=O)O)C(C)C)ccc3c2=O)c1. The van der Waals surface area contributed by atoms with Crippen LogP contribution in [0.15, 0.2) is 51.9 Å². The minimum Gasteiger partial charge on any atom is -0.478 e. The van der Waals surface area contributed by atoms with Crippen LogP contribution in [0.5, 0.6) is 17.2 Å². The number of aliphatic carboxylic acids is 1. The van der Waals surface area contributed by atoms with E-state index in [1.807, 2.05) is 32.0 Å². The molecule has 1 heterocycles. The van der Waals surface area contributed by atoms with Crippen LogP contribution in [0.1, 0.15) is 25.0 Å². The van der Waals surface area contributed by atoms with Gasteiger partial charge < -0.3 is 19.0 Å². The molecule has 0 saturated heterocycles. The largest absolute Gasteiger partial charge is 0.478 e. The maximum Gasteiger partial charge on any atom is 0.345 e. The molecule has 0 aliphatic carbocycles. The van der Waals surface area contributed by atoms with Crippen LogP contribution < -0.4 is 14.9 Å². The molecule has 0 fully saturated rings. The lowest BCUT2D eigenvalue weighted by molar-refractivity contribution is -0.147. The molecule has 0 aliphatic heterocycles. The third kappa shape index (κ3) is 4.17. The Kier molecular flexibility index (Phi) is 5.40. The van der Waals surface area contributed by atoms with Crippen LogP contribution in [-0.2, 0) is 4.79 Å². The van der Waals surface area contributed by atoms with Gasteiger partial charge >= 0.3 is 5.97 Å². The molecule has 1 aromatic heterocycles. The fourth-order valence-electron chi connectivity index (χ4n) is 2.97. The van der Waals surface area contributed by atoms with Gasteiger partial charge in [-0.25, -0.2) is 4.79 Å². The van der Waals surface area contributed by atoms with Gasteiger partial charge in [0.25, 0.3) is 0 Å². The van der Waals surface area contributed by atoms with E-state index in [1.165, 1.54) is 12.3 Å². The number of ether oxygens (including phenoxy) is 2. The first-order chi connectivity index (χ1) is 13.2. The average Bonchev–Trinajstić information content (AvgIpc) is 2.60. The van der Waals surface area contributed by atoms with Crippen molar-refractivity contribution in [2.24, 2.45) is 5.92 Å². The maximum atomic E-state index is 12.7. The van der Waals surface area contributed by atoms with Gasteiger partial charge in [-0.2, -0.15) is 0 Å². The second kappa shape index (κ2) is 7.76. The summed E-state index contributed by atoms with van der Waals surface area (Å²) >= 11 is 0. The zero-order valence-electron chi connectivity index (χ0n) is 16.2. The molecular weight excluding hydrogens is 360 g/mol. The normalized spacial score (nSPS) is 12.2. The smallest absolute Gasteiger partial charge is 0.345 e. The van der Waals surface area contributed by atoms with Crippen molar-refractivity contribution in [3.63, 3.8) is 0 Å². The van der Waals surface area contributed by atoms with Gasteiger partial charge in [0.1, 0.15) is 23.3 Å². The Morgan fingerprint density at radius 3 is 2.32 bits per heavy atom. The highest BCUT2D eigenvalue weighted by atomic mass is 16.5. The van der Waals surface area contributed by atoms with Gasteiger partial charge in [0, 0.05) is 12.0 Å². The van der Waals surface area contributed by atoms with E-state index < -0.39 is 12.1 Å². The summed E-state index contributed by atoms with van der Waals surface area (Å²) in [4.78, 5) is 24.0. The molecule has 0 saturated carbocycles. The molecule has 6 nitrogen and oxygen atoms in total. The molecule has 0 radical (unpaired) electrons. The van der Waals surface area contributed by atoms with E-state index in [1.54, 1.807) is 26.0 Å². The quantitative estimate of drug-likeness (QED) is 0.666. The summed E-state index contributed by atoms with van der Waals surface area (Å²) in [5, 5.41) is 9.59. The molecule has 0 spiro atoms. The third-order valence-corrected chi connectivity index (χ3v) is 4.25. The maximum absolute atomic E-state index is 12.7. The number of carboxylic acids is 1. The zero-order valence-corrected chi connectivity index (χ0v) is 16.2. The molecule has 28 heavy (non-hydrogen) atoms. The number of benzene rings is 2. The fourth-order valence-corrected chi connectivity index (χ4v) is 2.97. The molecule has 1 atom stereocenters. The Balaban J connectivity index is 1.92. The number of fused-ring (bicyclic) bond motifs is 1. The van der Waals surface area contributed by atoms with Crippen molar-refractivity contribution < 1.29 is 23.8 Å². The summed E-state index contributed by atoms with van der Waals surface area (Å²) in [6, 6.07) is 10.3. The summed E-state index contributed by atoms with van der Waals surface area (Å²) in [6.45, 7) is 7.42. The summed E-state index contributed by atoms with van der Waals surface area (Å²) in [5.74, 6) is -0.302. The first-order valence-corrected chi connectivity index (χ1v) is 8.96. The summed E-state index contributed by atoms with van der Waals surface area (Å²) in [6.07, 6.45) is 0.264. The molecule has 1 N–H and O–H groups in total. The van der Waals surface area contributed by atoms with E-state index in [-0.39, 0.29) is 17.1 Å². The highest BCUT2D eigenvalue weighted by Gasteiger charge is 2.23. The van der Waals surface area contributed by atoms with Crippen LogP contribution in [0.2, 0.25) is 0 Å². The van der Waals surface area contributed by atoms with Crippen molar-refractivity contribution >= 4 is 16.9 Å². The molecule has 0 bridgehead atoms. The Morgan fingerprint density at radius 1 is 1.04 bits per heavy atom. The van der Waals surface area contributed by atoms with Crippen molar-refractivity contribution in [2.75, 3.05) is 0 Å². The molecule has 0 aliphatic rings. The molecule has 1 unspecified atom stereocenters. The van der Waals surface area contributed by atoms with Gasteiger partial charge in [-0.15, -0.1) is 0 Å². The van der Waals surface area contributed by atoms with Crippen LogP contribution in [0.25, 0.3) is 11.0 Å².